The summed E-state index contributed by atoms with van der Waals surface area (Å²) in [4.78, 5) is 15.8. The number of nitrogens with zero attached hydrogens (tertiary/aromatic N) is 2. The van der Waals surface area contributed by atoms with Crippen LogP contribution in [0.15, 0.2) is 61.2 Å². The van der Waals surface area contributed by atoms with Crippen molar-refractivity contribution in [2.75, 3.05) is 42.6 Å². The van der Waals surface area contributed by atoms with Crippen LogP contribution >= 0.6 is 0 Å². The van der Waals surface area contributed by atoms with Gasteiger partial charge >= 0.3 is 6.09 Å². The second-order valence-corrected chi connectivity index (χ2v) is 6.17. The van der Waals surface area contributed by atoms with E-state index in [-0.39, 0.29) is 19.0 Å². The van der Waals surface area contributed by atoms with Crippen LogP contribution in [-0.2, 0) is 16.1 Å². The number of amides is 1. The van der Waals surface area contributed by atoms with E-state index in [0.29, 0.717) is 37.7 Å². The molecular weight excluding hydrogens is 347 g/mol. The molecule has 2 aromatic rings. The smallest absolute Gasteiger partial charge is 0.414 e. The van der Waals surface area contributed by atoms with Gasteiger partial charge in [0.1, 0.15) is 12.4 Å². The number of anilines is 2. The van der Waals surface area contributed by atoms with Crippen LogP contribution < -0.4 is 9.80 Å². The third-order valence-corrected chi connectivity index (χ3v) is 4.33. The topological polar surface area (TPSA) is 42.0 Å². The van der Waals surface area contributed by atoms with Crippen molar-refractivity contribution in [3.05, 3.63) is 72.6 Å². The van der Waals surface area contributed by atoms with Crippen molar-refractivity contribution >= 4 is 17.5 Å². The molecule has 0 radical (unpaired) electrons. The van der Waals surface area contributed by atoms with Gasteiger partial charge < -0.3 is 14.4 Å². The zero-order chi connectivity index (χ0) is 19.1. The zero-order valence-corrected chi connectivity index (χ0v) is 15.1. The molecule has 1 aliphatic heterocycles. The largest absolute Gasteiger partial charge is 0.444 e. The monoisotopic (exact) mass is 370 g/mol. The van der Waals surface area contributed by atoms with Crippen molar-refractivity contribution in [3.8, 4) is 0 Å². The van der Waals surface area contributed by atoms with Gasteiger partial charge in [-0.2, -0.15) is 0 Å². The van der Waals surface area contributed by atoms with Gasteiger partial charge in [-0.25, -0.2) is 9.18 Å². The molecule has 6 heteroatoms. The first-order valence-corrected chi connectivity index (χ1v) is 8.90. The number of ether oxygens (including phenoxy) is 2. The minimum absolute atomic E-state index is 0.154. The van der Waals surface area contributed by atoms with Crippen molar-refractivity contribution < 1.29 is 18.7 Å². The summed E-state index contributed by atoms with van der Waals surface area (Å²) in [5.74, 6) is -0.376. The van der Waals surface area contributed by atoms with Gasteiger partial charge in [0, 0.05) is 19.6 Å². The van der Waals surface area contributed by atoms with Crippen LogP contribution in [0.2, 0.25) is 0 Å². The van der Waals surface area contributed by atoms with Crippen LogP contribution in [0.25, 0.3) is 0 Å². The van der Waals surface area contributed by atoms with E-state index in [1.54, 1.807) is 18.2 Å². The van der Waals surface area contributed by atoms with E-state index in [1.807, 2.05) is 35.2 Å². The molecule has 1 fully saturated rings. The molecular formula is C21H23FN2O3. The maximum Gasteiger partial charge on any atom is 0.414 e. The van der Waals surface area contributed by atoms with Gasteiger partial charge in [0.2, 0.25) is 0 Å². The number of carbonyl (C=O) groups is 1. The van der Waals surface area contributed by atoms with Crippen LogP contribution in [0.4, 0.5) is 20.6 Å². The van der Waals surface area contributed by atoms with Crippen LogP contribution in [0.1, 0.15) is 5.56 Å². The average Bonchev–Trinajstić information content (AvgIpc) is 2.71. The maximum absolute atomic E-state index is 14.7. The van der Waals surface area contributed by atoms with Crippen LogP contribution in [0.5, 0.6) is 0 Å². The third-order valence-electron chi connectivity index (χ3n) is 4.33. The summed E-state index contributed by atoms with van der Waals surface area (Å²) in [5, 5.41) is 0. The predicted molar refractivity (Wildman–Crippen MR) is 104 cm³/mol. The van der Waals surface area contributed by atoms with Crippen molar-refractivity contribution in [2.24, 2.45) is 0 Å². The Bertz CT molecular complexity index is 776. The van der Waals surface area contributed by atoms with Crippen molar-refractivity contribution in [2.45, 2.75) is 6.61 Å². The lowest BCUT2D eigenvalue weighted by atomic mass is 10.2. The molecule has 0 atom stereocenters. The summed E-state index contributed by atoms with van der Waals surface area (Å²) >= 11 is 0. The Morgan fingerprint density at radius 2 is 1.96 bits per heavy atom. The quantitative estimate of drug-likeness (QED) is 0.721. The molecule has 0 N–H and O–H groups in total. The average molecular weight is 370 g/mol. The molecule has 3 rings (SSSR count). The molecule has 27 heavy (non-hydrogen) atoms. The molecule has 1 aliphatic rings. The lowest BCUT2D eigenvalue weighted by Crippen LogP contribution is -2.37. The number of hydrogen-bond acceptors (Lipinski definition) is 4. The van der Waals surface area contributed by atoms with E-state index in [4.69, 9.17) is 9.47 Å². The summed E-state index contributed by atoms with van der Waals surface area (Å²) in [6, 6.07) is 14.2. The minimum Gasteiger partial charge on any atom is -0.444 e. The molecule has 1 saturated heterocycles. The highest BCUT2D eigenvalue weighted by molar-refractivity contribution is 5.88. The number of carbonyl (C=O) groups excluding carboxylic acids is 1. The fourth-order valence-corrected chi connectivity index (χ4v) is 2.94. The molecule has 0 unspecified atom stereocenters. The van der Waals surface area contributed by atoms with Gasteiger partial charge in [0.25, 0.3) is 0 Å². The van der Waals surface area contributed by atoms with Gasteiger partial charge in [-0.3, -0.25) is 4.90 Å². The minimum atomic E-state index is -0.544. The van der Waals surface area contributed by atoms with E-state index in [9.17, 15) is 9.18 Å². The number of morpholine rings is 1. The summed E-state index contributed by atoms with van der Waals surface area (Å²) < 4.78 is 25.3. The molecule has 0 bridgehead atoms. The second-order valence-electron chi connectivity index (χ2n) is 6.17. The lowest BCUT2D eigenvalue weighted by Gasteiger charge is -2.29. The summed E-state index contributed by atoms with van der Waals surface area (Å²) in [5.41, 5.74) is 1.83. The Labute approximate surface area is 158 Å². The lowest BCUT2D eigenvalue weighted by molar-refractivity contribution is 0.122. The molecule has 0 aliphatic carbocycles. The Balaban J connectivity index is 1.72. The standard InChI is InChI=1S/C21H23FN2O3/c1-2-10-24(21(25)27-16-17-6-4-3-5-7-17)18-8-9-20(19(22)15-18)23-11-13-26-14-12-23/h2-9,15H,1,10-14,16H2. The second kappa shape index (κ2) is 9.19. The van der Waals surface area contributed by atoms with Gasteiger partial charge in [0.15, 0.2) is 0 Å². The normalized spacial score (nSPS) is 13.9. The fraction of sp³-hybridized carbons (Fsp3) is 0.286. The van der Waals surface area contributed by atoms with Crippen LogP contribution in [-0.4, -0.2) is 38.9 Å². The first-order chi connectivity index (χ1) is 13.2. The van der Waals surface area contributed by atoms with Crippen molar-refractivity contribution in [1.29, 1.82) is 0 Å². The van der Waals surface area contributed by atoms with Crippen molar-refractivity contribution in [1.82, 2.24) is 0 Å². The Hall–Kier alpha value is -2.86. The Kier molecular flexibility index (Phi) is 6.44. The highest BCUT2D eigenvalue weighted by Gasteiger charge is 2.20. The fourth-order valence-electron chi connectivity index (χ4n) is 2.94. The summed E-state index contributed by atoms with van der Waals surface area (Å²) in [6.07, 6.45) is 1.04. The SMILES string of the molecule is C=CCN(C(=O)OCc1ccccc1)c1ccc(N2CCOCC2)c(F)c1. The van der Waals surface area contributed by atoms with Crippen LogP contribution in [0, 0.1) is 5.82 Å². The Morgan fingerprint density at radius 3 is 2.63 bits per heavy atom. The third kappa shape index (κ3) is 4.86. The molecule has 0 spiro atoms. The van der Waals surface area contributed by atoms with Crippen molar-refractivity contribution in [3.63, 3.8) is 0 Å². The maximum atomic E-state index is 14.7. The summed E-state index contributed by atoms with van der Waals surface area (Å²) in [6.45, 7) is 6.50. The highest BCUT2D eigenvalue weighted by Crippen LogP contribution is 2.26. The van der Waals surface area contributed by atoms with E-state index in [0.717, 1.165) is 5.56 Å². The first-order valence-electron chi connectivity index (χ1n) is 8.90. The molecule has 2 aromatic carbocycles. The molecule has 0 saturated carbocycles. The van der Waals surface area contributed by atoms with E-state index >= 15 is 0 Å². The molecule has 0 aromatic heterocycles. The molecule has 5 nitrogen and oxygen atoms in total. The zero-order valence-electron chi connectivity index (χ0n) is 15.1. The number of hydrogen-bond donors (Lipinski definition) is 0. The predicted octanol–water partition coefficient (Wildman–Crippen LogP) is 3.99. The number of benzene rings is 2. The summed E-state index contributed by atoms with van der Waals surface area (Å²) in [7, 11) is 0. The molecule has 1 amide bonds. The van der Waals surface area contributed by atoms with Gasteiger partial charge in [-0.1, -0.05) is 36.4 Å². The van der Waals surface area contributed by atoms with Gasteiger partial charge in [-0.15, -0.1) is 6.58 Å². The molecule has 142 valence electrons. The number of rotatable bonds is 6. The molecule has 1 heterocycles. The van der Waals surface area contributed by atoms with Gasteiger partial charge in [-0.05, 0) is 23.8 Å². The van der Waals surface area contributed by atoms with E-state index < -0.39 is 6.09 Å². The van der Waals surface area contributed by atoms with E-state index in [2.05, 4.69) is 6.58 Å². The first kappa shape index (κ1) is 18.9. The number of halogens is 1. The van der Waals surface area contributed by atoms with Crippen LogP contribution in [0.3, 0.4) is 0 Å². The van der Waals surface area contributed by atoms with E-state index in [1.165, 1.54) is 11.0 Å². The van der Waals surface area contributed by atoms with Gasteiger partial charge in [0.05, 0.1) is 24.6 Å². The Morgan fingerprint density at radius 1 is 1.22 bits per heavy atom. The highest BCUT2D eigenvalue weighted by atomic mass is 19.1.